The Hall–Kier alpha value is -1.38. The summed E-state index contributed by atoms with van der Waals surface area (Å²) in [7, 11) is 0. The van der Waals surface area contributed by atoms with Gasteiger partial charge in [-0.3, -0.25) is 9.78 Å². The average Bonchev–Trinajstić information content (AvgIpc) is 2.13. The molecule has 1 aromatic heterocycles. The van der Waals surface area contributed by atoms with E-state index in [4.69, 9.17) is 0 Å². The van der Waals surface area contributed by atoms with E-state index in [-0.39, 0.29) is 5.91 Å². The molecule has 0 spiro atoms. The van der Waals surface area contributed by atoms with Gasteiger partial charge >= 0.3 is 0 Å². The van der Waals surface area contributed by atoms with Gasteiger partial charge in [0, 0.05) is 12.6 Å². The minimum absolute atomic E-state index is 0.0236. The molecule has 0 unspecified atom stereocenters. The topological polar surface area (TPSA) is 42.0 Å². The number of hydrogen-bond donors (Lipinski definition) is 1. The highest BCUT2D eigenvalue weighted by atomic mass is 16.1. The number of aromatic nitrogens is 1. The minimum atomic E-state index is 0.0236. The van der Waals surface area contributed by atoms with Gasteiger partial charge in [0.1, 0.15) is 0 Å². The van der Waals surface area contributed by atoms with Gasteiger partial charge in [0.05, 0.1) is 11.9 Å². The summed E-state index contributed by atoms with van der Waals surface area (Å²) < 4.78 is 0. The Morgan fingerprint density at radius 1 is 1.46 bits per heavy atom. The Kier molecular flexibility index (Phi) is 3.01. The number of aryl methyl sites for hydroxylation is 1. The number of anilines is 1. The van der Waals surface area contributed by atoms with Gasteiger partial charge in [-0.05, 0) is 25.0 Å². The van der Waals surface area contributed by atoms with Crippen LogP contribution in [0.25, 0.3) is 0 Å². The van der Waals surface area contributed by atoms with Crippen LogP contribution in [-0.4, -0.2) is 10.9 Å². The van der Waals surface area contributed by atoms with Crippen molar-refractivity contribution in [3.8, 4) is 0 Å². The molecule has 1 N–H and O–H groups in total. The number of nitrogens with one attached hydrogen (secondary N) is 1. The molecule has 1 aromatic rings. The molecule has 0 saturated carbocycles. The third kappa shape index (κ3) is 2.28. The Bertz CT molecular complexity index is 321. The monoisotopic (exact) mass is 178 g/mol. The van der Waals surface area contributed by atoms with Gasteiger partial charge in [-0.25, -0.2) is 0 Å². The number of carbonyl (C=O) groups is 1. The molecular weight excluding hydrogens is 164 g/mol. The van der Waals surface area contributed by atoms with Crippen LogP contribution < -0.4 is 5.32 Å². The standard InChI is InChI=1S/C10H14N2O/c1-4-10(13)12-9-6-11-5-7(2)8(9)3/h5-6H,4H2,1-3H3,(H,12,13). The number of hydrogen-bond acceptors (Lipinski definition) is 2. The molecule has 3 heteroatoms. The van der Waals surface area contributed by atoms with Crippen molar-refractivity contribution in [2.45, 2.75) is 27.2 Å². The Labute approximate surface area is 78.2 Å². The zero-order chi connectivity index (χ0) is 9.84. The van der Waals surface area contributed by atoms with Crippen molar-refractivity contribution < 1.29 is 4.79 Å². The van der Waals surface area contributed by atoms with Crippen molar-refractivity contribution in [1.29, 1.82) is 0 Å². The van der Waals surface area contributed by atoms with Crippen LogP contribution in [0.5, 0.6) is 0 Å². The third-order valence-corrected chi connectivity index (χ3v) is 2.06. The largest absolute Gasteiger partial charge is 0.325 e. The van der Waals surface area contributed by atoms with Crippen LogP contribution >= 0.6 is 0 Å². The second-order valence-corrected chi connectivity index (χ2v) is 3.03. The molecule has 13 heavy (non-hydrogen) atoms. The molecule has 0 atom stereocenters. The molecule has 0 bridgehead atoms. The zero-order valence-corrected chi connectivity index (χ0v) is 8.22. The van der Waals surface area contributed by atoms with E-state index in [1.807, 2.05) is 20.8 Å². The molecule has 1 amide bonds. The van der Waals surface area contributed by atoms with Crippen molar-refractivity contribution in [3.63, 3.8) is 0 Å². The first-order valence-electron chi connectivity index (χ1n) is 4.36. The van der Waals surface area contributed by atoms with Gasteiger partial charge in [-0.2, -0.15) is 0 Å². The molecule has 0 aliphatic carbocycles. The number of carbonyl (C=O) groups excluding carboxylic acids is 1. The lowest BCUT2D eigenvalue weighted by atomic mass is 10.1. The molecule has 3 nitrogen and oxygen atoms in total. The van der Waals surface area contributed by atoms with E-state index in [1.54, 1.807) is 12.4 Å². The second kappa shape index (κ2) is 4.03. The van der Waals surface area contributed by atoms with Crippen molar-refractivity contribution in [2.75, 3.05) is 5.32 Å². The van der Waals surface area contributed by atoms with E-state index in [1.165, 1.54) is 0 Å². The second-order valence-electron chi connectivity index (χ2n) is 3.03. The molecule has 70 valence electrons. The maximum atomic E-state index is 11.1. The van der Waals surface area contributed by atoms with E-state index in [2.05, 4.69) is 10.3 Å². The predicted octanol–water partition coefficient (Wildman–Crippen LogP) is 2.05. The highest BCUT2D eigenvalue weighted by molar-refractivity contribution is 5.91. The number of rotatable bonds is 2. The van der Waals surface area contributed by atoms with Crippen LogP contribution in [0.3, 0.4) is 0 Å². The zero-order valence-electron chi connectivity index (χ0n) is 8.22. The van der Waals surface area contributed by atoms with E-state index in [9.17, 15) is 4.79 Å². The molecule has 0 saturated heterocycles. The fraction of sp³-hybridized carbons (Fsp3) is 0.400. The van der Waals surface area contributed by atoms with Crippen molar-refractivity contribution >= 4 is 11.6 Å². The minimum Gasteiger partial charge on any atom is -0.325 e. The molecule has 0 aromatic carbocycles. The van der Waals surface area contributed by atoms with Crippen LogP contribution in [-0.2, 0) is 4.79 Å². The van der Waals surface area contributed by atoms with E-state index >= 15 is 0 Å². The van der Waals surface area contributed by atoms with E-state index < -0.39 is 0 Å². The number of pyridine rings is 1. The Morgan fingerprint density at radius 2 is 2.15 bits per heavy atom. The lowest BCUT2D eigenvalue weighted by molar-refractivity contribution is -0.115. The van der Waals surface area contributed by atoms with Crippen LogP contribution in [0.1, 0.15) is 24.5 Å². The predicted molar refractivity (Wildman–Crippen MR) is 52.6 cm³/mol. The first-order chi connectivity index (χ1) is 6.15. The normalized spacial score (nSPS) is 9.77. The van der Waals surface area contributed by atoms with Gasteiger partial charge < -0.3 is 5.32 Å². The first kappa shape index (κ1) is 9.71. The molecule has 0 radical (unpaired) electrons. The van der Waals surface area contributed by atoms with Crippen molar-refractivity contribution in [3.05, 3.63) is 23.5 Å². The summed E-state index contributed by atoms with van der Waals surface area (Å²) in [4.78, 5) is 15.1. The van der Waals surface area contributed by atoms with E-state index in [0.717, 1.165) is 16.8 Å². The summed E-state index contributed by atoms with van der Waals surface area (Å²) >= 11 is 0. The van der Waals surface area contributed by atoms with Gasteiger partial charge in [-0.15, -0.1) is 0 Å². The first-order valence-corrected chi connectivity index (χ1v) is 4.36. The molecular formula is C10H14N2O. The Balaban J connectivity index is 2.89. The summed E-state index contributed by atoms with van der Waals surface area (Å²) in [5.74, 6) is 0.0236. The lowest BCUT2D eigenvalue weighted by Gasteiger charge is -2.08. The summed E-state index contributed by atoms with van der Waals surface area (Å²) in [6, 6.07) is 0. The molecule has 0 aliphatic rings. The fourth-order valence-corrected chi connectivity index (χ4v) is 0.994. The maximum Gasteiger partial charge on any atom is 0.224 e. The quantitative estimate of drug-likeness (QED) is 0.753. The maximum absolute atomic E-state index is 11.1. The SMILES string of the molecule is CCC(=O)Nc1cncc(C)c1C. The smallest absolute Gasteiger partial charge is 0.224 e. The van der Waals surface area contributed by atoms with Crippen LogP contribution in [0.4, 0.5) is 5.69 Å². The van der Waals surface area contributed by atoms with Gasteiger partial charge in [0.15, 0.2) is 0 Å². The summed E-state index contributed by atoms with van der Waals surface area (Å²) in [6.07, 6.45) is 3.96. The van der Waals surface area contributed by atoms with Crippen molar-refractivity contribution in [1.82, 2.24) is 4.98 Å². The van der Waals surface area contributed by atoms with Gasteiger partial charge in [0.2, 0.25) is 5.91 Å². The molecule has 0 fully saturated rings. The van der Waals surface area contributed by atoms with Crippen LogP contribution in [0.2, 0.25) is 0 Å². The summed E-state index contributed by atoms with van der Waals surface area (Å²) in [6.45, 7) is 5.78. The highest BCUT2D eigenvalue weighted by Gasteiger charge is 2.03. The Morgan fingerprint density at radius 3 is 2.77 bits per heavy atom. The fourth-order valence-electron chi connectivity index (χ4n) is 0.994. The lowest BCUT2D eigenvalue weighted by Crippen LogP contribution is -2.11. The molecule has 0 aliphatic heterocycles. The molecule has 1 heterocycles. The molecule has 1 rings (SSSR count). The van der Waals surface area contributed by atoms with Crippen LogP contribution in [0.15, 0.2) is 12.4 Å². The number of nitrogens with zero attached hydrogens (tertiary/aromatic N) is 1. The summed E-state index contributed by atoms with van der Waals surface area (Å²) in [5, 5.41) is 2.80. The van der Waals surface area contributed by atoms with Crippen LogP contribution in [0, 0.1) is 13.8 Å². The summed E-state index contributed by atoms with van der Waals surface area (Å²) in [5.41, 5.74) is 2.98. The van der Waals surface area contributed by atoms with Crippen molar-refractivity contribution in [2.24, 2.45) is 0 Å². The van der Waals surface area contributed by atoms with Gasteiger partial charge in [-0.1, -0.05) is 6.92 Å². The third-order valence-electron chi connectivity index (χ3n) is 2.06. The highest BCUT2D eigenvalue weighted by Crippen LogP contribution is 2.15. The van der Waals surface area contributed by atoms with E-state index in [0.29, 0.717) is 6.42 Å². The number of amides is 1. The average molecular weight is 178 g/mol. The van der Waals surface area contributed by atoms with Gasteiger partial charge in [0.25, 0.3) is 0 Å².